The summed E-state index contributed by atoms with van der Waals surface area (Å²) in [5, 5.41) is 0. The summed E-state index contributed by atoms with van der Waals surface area (Å²) in [4.78, 5) is 2.39. The highest BCUT2D eigenvalue weighted by molar-refractivity contribution is 7.80. The molecule has 0 saturated heterocycles. The number of thiol groups is 1. The van der Waals surface area contributed by atoms with Crippen LogP contribution in [0, 0.1) is 0 Å². The second-order valence-electron chi connectivity index (χ2n) is 4.69. The van der Waals surface area contributed by atoms with Crippen molar-refractivity contribution in [1.82, 2.24) is 4.90 Å². The van der Waals surface area contributed by atoms with Crippen molar-refractivity contribution in [2.75, 3.05) is 19.3 Å². The van der Waals surface area contributed by atoms with E-state index in [1.165, 1.54) is 30.4 Å². The van der Waals surface area contributed by atoms with Crippen LogP contribution in [0.3, 0.4) is 0 Å². The van der Waals surface area contributed by atoms with E-state index in [9.17, 15) is 0 Å². The van der Waals surface area contributed by atoms with Gasteiger partial charge in [0.1, 0.15) is 0 Å². The van der Waals surface area contributed by atoms with Crippen LogP contribution >= 0.6 is 12.6 Å². The Morgan fingerprint density at radius 3 is 2.82 bits per heavy atom. The number of unbranched alkanes of at least 4 members (excludes halogenated alkanes) is 1. The molecule has 0 aromatic heterocycles. The number of nitrogens with zero attached hydrogens (tertiary/aromatic N) is 1. The first-order chi connectivity index (χ1) is 8.33. The number of hydrogen-bond donors (Lipinski definition) is 1. The molecule has 1 heterocycles. The van der Waals surface area contributed by atoms with Crippen LogP contribution in [0.5, 0.6) is 0 Å². The molecule has 1 atom stereocenters. The molecule has 92 valence electrons. The van der Waals surface area contributed by atoms with Gasteiger partial charge in [-0.05, 0) is 43.2 Å². The highest BCUT2D eigenvalue weighted by Gasteiger charge is 2.19. The lowest BCUT2D eigenvalue weighted by molar-refractivity contribution is 0.338. The molecule has 1 aromatic carbocycles. The van der Waals surface area contributed by atoms with Gasteiger partial charge in [-0.25, -0.2) is 0 Å². The van der Waals surface area contributed by atoms with Crippen LogP contribution in [0.2, 0.25) is 0 Å². The van der Waals surface area contributed by atoms with Gasteiger partial charge < -0.3 is 0 Å². The summed E-state index contributed by atoms with van der Waals surface area (Å²) in [5.74, 6) is 0.991. The summed E-state index contributed by atoms with van der Waals surface area (Å²) in [6.45, 7) is 1.07. The number of benzene rings is 1. The zero-order chi connectivity index (χ0) is 12.1. The van der Waals surface area contributed by atoms with Crippen LogP contribution in [0.1, 0.15) is 30.0 Å². The minimum atomic E-state index is 0.474. The number of aryl methyl sites for hydroxylation is 1. The van der Waals surface area contributed by atoms with Gasteiger partial charge in [0, 0.05) is 6.54 Å². The lowest BCUT2D eigenvalue weighted by Crippen LogP contribution is -2.19. The Kier molecular flexibility index (Phi) is 4.69. The van der Waals surface area contributed by atoms with Crippen LogP contribution in [0.15, 0.2) is 36.4 Å². The van der Waals surface area contributed by atoms with E-state index in [2.05, 4.69) is 61.0 Å². The predicted molar refractivity (Wildman–Crippen MR) is 77.7 cm³/mol. The molecule has 2 heteroatoms. The lowest BCUT2D eigenvalue weighted by Gasteiger charge is -2.22. The minimum Gasteiger partial charge on any atom is -0.292 e. The van der Waals surface area contributed by atoms with Gasteiger partial charge >= 0.3 is 0 Å². The summed E-state index contributed by atoms with van der Waals surface area (Å²) in [7, 11) is 2.19. The van der Waals surface area contributed by atoms with Crippen molar-refractivity contribution in [3.05, 3.63) is 47.5 Å². The number of likely N-dealkylation sites (N-methyl/N-ethyl adjacent to an activating group) is 1. The van der Waals surface area contributed by atoms with Gasteiger partial charge in [0.15, 0.2) is 0 Å². The molecule has 0 fully saturated rings. The molecule has 1 nitrogen and oxygen atoms in total. The van der Waals surface area contributed by atoms with Gasteiger partial charge in [-0.2, -0.15) is 12.6 Å². The third kappa shape index (κ3) is 3.14. The Morgan fingerprint density at radius 2 is 2.12 bits per heavy atom. The lowest BCUT2D eigenvalue weighted by atomic mass is 9.96. The topological polar surface area (TPSA) is 3.24 Å². The maximum absolute atomic E-state index is 4.28. The van der Waals surface area contributed by atoms with Crippen molar-refractivity contribution < 1.29 is 0 Å². The fourth-order valence-electron chi connectivity index (χ4n) is 2.44. The molecule has 1 aliphatic rings. The van der Waals surface area contributed by atoms with Gasteiger partial charge in [-0.3, -0.25) is 4.90 Å². The molecule has 0 N–H and O–H groups in total. The summed E-state index contributed by atoms with van der Waals surface area (Å²) >= 11 is 4.28. The average Bonchev–Trinajstić information content (AvgIpc) is 2.76. The number of hydrogen-bond acceptors (Lipinski definition) is 2. The molecule has 1 aliphatic heterocycles. The van der Waals surface area contributed by atoms with Crippen LogP contribution in [0.4, 0.5) is 0 Å². The molecule has 0 bridgehead atoms. The summed E-state index contributed by atoms with van der Waals surface area (Å²) in [6.07, 6.45) is 8.19. The number of rotatable bonds is 5. The summed E-state index contributed by atoms with van der Waals surface area (Å²) in [6, 6.07) is 9.32. The second kappa shape index (κ2) is 6.27. The van der Waals surface area contributed by atoms with Crippen molar-refractivity contribution >= 4 is 12.6 Å². The van der Waals surface area contributed by atoms with E-state index in [0.717, 1.165) is 12.3 Å². The third-order valence-corrected chi connectivity index (χ3v) is 3.73. The smallest absolute Gasteiger partial charge is 0.0534 e. The average molecular weight is 247 g/mol. The van der Waals surface area contributed by atoms with Crippen molar-refractivity contribution in [2.45, 2.75) is 25.3 Å². The first-order valence-electron chi connectivity index (χ1n) is 6.38. The third-order valence-electron chi connectivity index (χ3n) is 3.41. The van der Waals surface area contributed by atoms with E-state index >= 15 is 0 Å². The molecular weight excluding hydrogens is 226 g/mol. The Bertz CT molecular complexity index is 386. The molecule has 0 spiro atoms. The maximum Gasteiger partial charge on any atom is 0.0534 e. The Morgan fingerprint density at radius 1 is 1.29 bits per heavy atom. The normalized spacial score (nSPS) is 20.0. The monoisotopic (exact) mass is 247 g/mol. The Balaban J connectivity index is 2.12. The van der Waals surface area contributed by atoms with Gasteiger partial charge in [0.05, 0.1) is 6.04 Å². The molecule has 0 aliphatic carbocycles. The Hall–Kier alpha value is -0.730. The van der Waals surface area contributed by atoms with Crippen molar-refractivity contribution in [3.63, 3.8) is 0 Å². The van der Waals surface area contributed by atoms with Gasteiger partial charge in [0.2, 0.25) is 0 Å². The standard InChI is InChI=1S/C15H21NS/c1-16-11-6-10-15(16)14-9-3-2-7-13(14)8-4-5-12-17/h2-3,6-7,9-10,15,17H,4-5,8,11-12H2,1H3. The predicted octanol–water partition coefficient (Wildman–Crippen LogP) is 3.48. The first kappa shape index (κ1) is 12.7. The molecule has 2 rings (SSSR count). The second-order valence-corrected chi connectivity index (χ2v) is 5.14. The summed E-state index contributed by atoms with van der Waals surface area (Å²) < 4.78 is 0. The van der Waals surface area contributed by atoms with Gasteiger partial charge in [-0.15, -0.1) is 0 Å². The van der Waals surface area contributed by atoms with Crippen molar-refractivity contribution in [3.8, 4) is 0 Å². The molecule has 0 amide bonds. The molecule has 1 aromatic rings. The van der Waals surface area contributed by atoms with Gasteiger partial charge in [-0.1, -0.05) is 36.4 Å². The molecule has 0 saturated carbocycles. The summed E-state index contributed by atoms with van der Waals surface area (Å²) in [5.41, 5.74) is 2.97. The largest absolute Gasteiger partial charge is 0.292 e. The van der Waals surface area contributed by atoms with Crippen LogP contribution in [-0.4, -0.2) is 24.2 Å². The zero-order valence-electron chi connectivity index (χ0n) is 10.5. The molecule has 1 unspecified atom stereocenters. The van der Waals surface area contributed by atoms with E-state index in [4.69, 9.17) is 0 Å². The van der Waals surface area contributed by atoms with Crippen molar-refractivity contribution in [1.29, 1.82) is 0 Å². The van der Waals surface area contributed by atoms with E-state index in [0.29, 0.717) is 6.04 Å². The van der Waals surface area contributed by atoms with E-state index < -0.39 is 0 Å². The van der Waals surface area contributed by atoms with Gasteiger partial charge in [0.25, 0.3) is 0 Å². The van der Waals surface area contributed by atoms with Crippen LogP contribution < -0.4 is 0 Å². The van der Waals surface area contributed by atoms with E-state index in [1.54, 1.807) is 0 Å². The fraction of sp³-hybridized carbons (Fsp3) is 0.467. The minimum absolute atomic E-state index is 0.474. The SMILES string of the molecule is CN1CC=CC1c1ccccc1CCCCS. The van der Waals surface area contributed by atoms with E-state index in [-0.39, 0.29) is 0 Å². The fourth-order valence-corrected chi connectivity index (χ4v) is 2.66. The van der Waals surface area contributed by atoms with Crippen LogP contribution in [0.25, 0.3) is 0 Å². The molecular formula is C15H21NS. The quantitative estimate of drug-likeness (QED) is 0.473. The molecule has 17 heavy (non-hydrogen) atoms. The van der Waals surface area contributed by atoms with Crippen molar-refractivity contribution in [2.24, 2.45) is 0 Å². The maximum atomic E-state index is 4.28. The highest BCUT2D eigenvalue weighted by Crippen LogP contribution is 2.28. The van der Waals surface area contributed by atoms with E-state index in [1.807, 2.05) is 0 Å². The van der Waals surface area contributed by atoms with Crippen LogP contribution in [-0.2, 0) is 6.42 Å². The zero-order valence-corrected chi connectivity index (χ0v) is 11.4. The molecule has 0 radical (unpaired) electrons. The first-order valence-corrected chi connectivity index (χ1v) is 7.01. The highest BCUT2D eigenvalue weighted by atomic mass is 32.1. The Labute approximate surface area is 110 Å².